The van der Waals surface area contributed by atoms with Gasteiger partial charge in [-0.3, -0.25) is 0 Å². The highest BCUT2D eigenvalue weighted by Gasteiger charge is 2.24. The standard InChI is InChI=1S/C12H10BF3O3/c1-2-19-8-4-3-6-5-7(13(17)18)10(14)12(16)9(6)11(8)15/h3-5,17-18H,2H2,1H3. The van der Waals surface area contributed by atoms with Crippen molar-refractivity contribution in [2.24, 2.45) is 0 Å². The maximum Gasteiger partial charge on any atom is 0.491 e. The van der Waals surface area contributed by atoms with Gasteiger partial charge in [-0.2, -0.15) is 0 Å². The zero-order valence-electron chi connectivity index (χ0n) is 9.95. The van der Waals surface area contributed by atoms with E-state index in [0.29, 0.717) is 0 Å². The summed E-state index contributed by atoms with van der Waals surface area (Å²) in [7, 11) is -2.17. The Morgan fingerprint density at radius 1 is 1.11 bits per heavy atom. The van der Waals surface area contributed by atoms with Gasteiger partial charge < -0.3 is 14.8 Å². The molecule has 0 heterocycles. The van der Waals surface area contributed by atoms with Crippen LogP contribution in [0, 0.1) is 17.5 Å². The highest BCUT2D eigenvalue weighted by atomic mass is 19.2. The van der Waals surface area contributed by atoms with E-state index in [1.54, 1.807) is 6.92 Å². The summed E-state index contributed by atoms with van der Waals surface area (Å²) in [5.74, 6) is -4.17. The van der Waals surface area contributed by atoms with Crippen LogP contribution < -0.4 is 10.2 Å². The minimum absolute atomic E-state index is 0.0166. The molecule has 0 spiro atoms. The third kappa shape index (κ3) is 2.26. The second-order valence-corrected chi connectivity index (χ2v) is 3.88. The van der Waals surface area contributed by atoms with Crippen LogP contribution in [0.4, 0.5) is 13.2 Å². The van der Waals surface area contributed by atoms with Gasteiger partial charge in [-0.1, -0.05) is 12.1 Å². The summed E-state index contributed by atoms with van der Waals surface area (Å²) in [4.78, 5) is 0. The van der Waals surface area contributed by atoms with E-state index in [4.69, 9.17) is 14.8 Å². The van der Waals surface area contributed by atoms with Gasteiger partial charge in [-0.15, -0.1) is 0 Å². The number of ether oxygens (including phenoxy) is 1. The van der Waals surface area contributed by atoms with Crippen molar-refractivity contribution in [3.63, 3.8) is 0 Å². The Morgan fingerprint density at radius 2 is 1.79 bits per heavy atom. The summed E-state index contributed by atoms with van der Waals surface area (Å²) in [6, 6.07) is 3.57. The fraction of sp³-hybridized carbons (Fsp3) is 0.167. The molecule has 3 nitrogen and oxygen atoms in total. The third-order valence-corrected chi connectivity index (χ3v) is 2.69. The lowest BCUT2D eigenvalue weighted by Crippen LogP contribution is -2.33. The van der Waals surface area contributed by atoms with Crippen molar-refractivity contribution in [3.8, 4) is 5.75 Å². The van der Waals surface area contributed by atoms with E-state index in [1.807, 2.05) is 0 Å². The monoisotopic (exact) mass is 270 g/mol. The van der Waals surface area contributed by atoms with Gasteiger partial charge in [-0.05, 0) is 18.4 Å². The maximum absolute atomic E-state index is 14.0. The van der Waals surface area contributed by atoms with Gasteiger partial charge in [-0.25, -0.2) is 13.2 Å². The first kappa shape index (κ1) is 13.7. The van der Waals surface area contributed by atoms with E-state index >= 15 is 0 Å². The van der Waals surface area contributed by atoms with Crippen molar-refractivity contribution in [2.45, 2.75) is 6.92 Å². The van der Waals surface area contributed by atoms with Crippen LogP contribution in [0.5, 0.6) is 5.75 Å². The van der Waals surface area contributed by atoms with Crippen LogP contribution in [0.2, 0.25) is 0 Å². The van der Waals surface area contributed by atoms with Crippen molar-refractivity contribution in [3.05, 3.63) is 35.7 Å². The van der Waals surface area contributed by atoms with E-state index < -0.39 is 35.4 Å². The van der Waals surface area contributed by atoms with Crippen LogP contribution in [0.3, 0.4) is 0 Å². The van der Waals surface area contributed by atoms with Gasteiger partial charge in [0.25, 0.3) is 0 Å². The Bertz CT molecular complexity index is 631. The molecule has 0 saturated carbocycles. The lowest BCUT2D eigenvalue weighted by atomic mass is 9.78. The zero-order valence-corrected chi connectivity index (χ0v) is 9.95. The number of hydrogen-bond acceptors (Lipinski definition) is 3. The van der Waals surface area contributed by atoms with Gasteiger partial charge in [0.05, 0.1) is 12.0 Å². The predicted octanol–water partition coefficient (Wildman–Crippen LogP) is 1.34. The van der Waals surface area contributed by atoms with Crippen LogP contribution in [-0.4, -0.2) is 23.8 Å². The molecule has 19 heavy (non-hydrogen) atoms. The van der Waals surface area contributed by atoms with Crippen molar-refractivity contribution >= 4 is 23.4 Å². The molecule has 0 fully saturated rings. The van der Waals surface area contributed by atoms with E-state index in [0.717, 1.165) is 6.07 Å². The van der Waals surface area contributed by atoms with E-state index in [1.165, 1.54) is 12.1 Å². The van der Waals surface area contributed by atoms with Crippen molar-refractivity contribution < 1.29 is 28.0 Å². The minimum Gasteiger partial charge on any atom is -0.491 e. The van der Waals surface area contributed by atoms with Crippen LogP contribution >= 0.6 is 0 Å². The molecule has 0 aliphatic heterocycles. The first-order valence-corrected chi connectivity index (χ1v) is 5.56. The first-order valence-electron chi connectivity index (χ1n) is 5.56. The molecule has 2 aromatic carbocycles. The maximum atomic E-state index is 14.0. The van der Waals surface area contributed by atoms with Crippen molar-refractivity contribution in [1.29, 1.82) is 0 Å². The second-order valence-electron chi connectivity index (χ2n) is 3.88. The molecule has 0 aliphatic rings. The fourth-order valence-corrected chi connectivity index (χ4v) is 1.84. The Balaban J connectivity index is 2.77. The molecule has 0 atom stereocenters. The van der Waals surface area contributed by atoms with Crippen LogP contribution in [0.25, 0.3) is 10.8 Å². The molecule has 2 N–H and O–H groups in total. The highest BCUT2D eigenvalue weighted by molar-refractivity contribution is 6.59. The number of rotatable bonds is 3. The molecule has 0 saturated heterocycles. The van der Waals surface area contributed by atoms with Gasteiger partial charge in [0.1, 0.15) is 0 Å². The van der Waals surface area contributed by atoms with E-state index in [9.17, 15) is 13.2 Å². The van der Waals surface area contributed by atoms with Gasteiger partial charge >= 0.3 is 7.12 Å². The molecule has 0 aliphatic carbocycles. The Labute approximate surface area is 107 Å². The summed E-state index contributed by atoms with van der Waals surface area (Å²) in [5, 5.41) is 17.3. The second kappa shape index (κ2) is 5.10. The van der Waals surface area contributed by atoms with Gasteiger partial charge in [0.15, 0.2) is 23.2 Å². The highest BCUT2D eigenvalue weighted by Crippen LogP contribution is 2.29. The number of fused-ring (bicyclic) bond motifs is 1. The van der Waals surface area contributed by atoms with Gasteiger partial charge in [0.2, 0.25) is 0 Å². The molecule has 0 radical (unpaired) electrons. The largest absolute Gasteiger partial charge is 0.491 e. The molecular weight excluding hydrogens is 260 g/mol. The first-order chi connectivity index (χ1) is 8.97. The van der Waals surface area contributed by atoms with Gasteiger partial charge in [0, 0.05) is 5.46 Å². The number of benzene rings is 2. The smallest absolute Gasteiger partial charge is 0.491 e. The average Bonchev–Trinajstić information content (AvgIpc) is 2.36. The van der Waals surface area contributed by atoms with Crippen molar-refractivity contribution in [1.82, 2.24) is 0 Å². The summed E-state index contributed by atoms with van der Waals surface area (Å²) in [5.41, 5.74) is -0.645. The molecule has 2 rings (SSSR count). The molecule has 0 unspecified atom stereocenters. The Morgan fingerprint density at radius 3 is 2.37 bits per heavy atom. The number of hydrogen-bond donors (Lipinski definition) is 2. The van der Waals surface area contributed by atoms with Crippen molar-refractivity contribution in [2.75, 3.05) is 6.61 Å². The summed E-state index contributed by atoms with van der Waals surface area (Å²) in [6.45, 7) is 1.81. The predicted molar refractivity (Wildman–Crippen MR) is 64.8 cm³/mol. The molecule has 7 heteroatoms. The lowest BCUT2D eigenvalue weighted by Gasteiger charge is -2.10. The topological polar surface area (TPSA) is 49.7 Å². The average molecular weight is 270 g/mol. The number of halogens is 3. The molecule has 2 aromatic rings. The third-order valence-electron chi connectivity index (χ3n) is 2.69. The van der Waals surface area contributed by atoms with E-state index in [2.05, 4.69) is 0 Å². The molecular formula is C12H10BF3O3. The SMILES string of the molecule is CCOc1ccc2cc(B(O)O)c(F)c(F)c2c1F. The molecule has 0 bridgehead atoms. The normalized spacial score (nSPS) is 10.8. The van der Waals surface area contributed by atoms with Crippen LogP contribution in [0.15, 0.2) is 18.2 Å². The molecule has 100 valence electrons. The molecule has 0 amide bonds. The lowest BCUT2D eigenvalue weighted by molar-refractivity contribution is 0.322. The summed E-state index contributed by atoms with van der Waals surface area (Å²) in [6.07, 6.45) is 0. The molecule has 0 aromatic heterocycles. The minimum atomic E-state index is -2.17. The fourth-order valence-electron chi connectivity index (χ4n) is 1.84. The van der Waals surface area contributed by atoms with E-state index in [-0.39, 0.29) is 17.7 Å². The Kier molecular flexibility index (Phi) is 3.68. The van der Waals surface area contributed by atoms with Crippen LogP contribution in [0.1, 0.15) is 6.92 Å². The summed E-state index contributed by atoms with van der Waals surface area (Å²) < 4.78 is 46.3. The Hall–Kier alpha value is -1.73. The quantitative estimate of drug-likeness (QED) is 0.827. The summed E-state index contributed by atoms with van der Waals surface area (Å²) >= 11 is 0. The van der Waals surface area contributed by atoms with Crippen LogP contribution in [-0.2, 0) is 0 Å². The zero-order chi connectivity index (χ0) is 14.2.